The Hall–Kier alpha value is -8.14. The molecule has 9 aromatic carbocycles. The van der Waals surface area contributed by atoms with Crippen LogP contribution in [0.15, 0.2) is 176 Å². The van der Waals surface area contributed by atoms with Crippen molar-refractivity contribution in [2.45, 2.75) is 40.8 Å². The van der Waals surface area contributed by atoms with E-state index in [2.05, 4.69) is 139 Å². The van der Waals surface area contributed by atoms with Gasteiger partial charge in [-0.15, -0.1) is 0 Å². The predicted octanol–water partition coefficient (Wildman–Crippen LogP) is 17.7. The summed E-state index contributed by atoms with van der Waals surface area (Å²) in [5.41, 5.74) is 16.8. The molecule has 11 rings (SSSR count). The van der Waals surface area contributed by atoms with Gasteiger partial charge in [0, 0.05) is 38.4 Å². The van der Waals surface area contributed by atoms with Gasteiger partial charge in [0.1, 0.15) is 0 Å². The summed E-state index contributed by atoms with van der Waals surface area (Å²) < 4.78 is 48.6. The number of halogens is 3. The molecular weight excluding hydrogens is 832 g/mol. The van der Waals surface area contributed by atoms with E-state index in [0.29, 0.717) is 33.5 Å². The number of benzene rings is 9. The van der Waals surface area contributed by atoms with E-state index >= 15 is 0 Å². The van der Waals surface area contributed by atoms with Crippen molar-refractivity contribution in [2.24, 2.45) is 0 Å². The van der Waals surface area contributed by atoms with E-state index in [9.17, 15) is 13.2 Å². The van der Waals surface area contributed by atoms with Gasteiger partial charge in [0.2, 0.25) is 0 Å². The molecule has 3 nitrogen and oxygen atoms in total. The normalized spacial score (nSPS) is 11.9. The summed E-state index contributed by atoms with van der Waals surface area (Å²) in [6.07, 6.45) is -4.57. The summed E-state index contributed by atoms with van der Waals surface area (Å²) in [6.45, 7) is 18.9. The molecule has 0 fully saturated rings. The van der Waals surface area contributed by atoms with Gasteiger partial charge in [-0.3, -0.25) is 0 Å². The number of fused-ring (bicyclic) bond motifs is 6. The van der Waals surface area contributed by atoms with Gasteiger partial charge in [-0.2, -0.15) is 13.2 Å². The summed E-state index contributed by atoms with van der Waals surface area (Å²) in [5, 5.41) is 4.18. The Bertz CT molecular complexity index is 3830. The molecule has 0 amide bonds. The molecule has 0 aliphatic heterocycles. The van der Waals surface area contributed by atoms with Crippen molar-refractivity contribution >= 4 is 49.3 Å². The van der Waals surface area contributed by atoms with Crippen molar-refractivity contribution in [1.29, 1.82) is 0 Å². The van der Waals surface area contributed by atoms with Crippen molar-refractivity contribution in [3.05, 3.63) is 221 Å². The molecule has 324 valence electrons. The average molecular weight is 876 g/mol. The van der Waals surface area contributed by atoms with Gasteiger partial charge in [0.15, 0.2) is 5.69 Å². The lowest BCUT2D eigenvalue weighted by atomic mass is 9.89. The van der Waals surface area contributed by atoms with Gasteiger partial charge in [-0.05, 0) is 134 Å². The topological polar surface area (TPSA) is 14.2 Å². The van der Waals surface area contributed by atoms with Gasteiger partial charge >= 0.3 is 6.18 Å². The molecule has 2 aromatic heterocycles. The van der Waals surface area contributed by atoms with Crippen molar-refractivity contribution in [3.8, 4) is 55.9 Å². The maximum atomic E-state index is 14.7. The highest BCUT2D eigenvalue weighted by Gasteiger charge is 2.32. The molecule has 6 heteroatoms. The summed E-state index contributed by atoms with van der Waals surface area (Å²) in [4.78, 5) is 4.21. The van der Waals surface area contributed by atoms with Crippen LogP contribution >= 0.6 is 0 Å². The number of hydrogen-bond acceptors (Lipinski definition) is 0. The zero-order chi connectivity index (χ0) is 46.3. The van der Waals surface area contributed by atoms with Crippen LogP contribution < -0.4 is 0 Å². The van der Waals surface area contributed by atoms with E-state index in [-0.39, 0.29) is 0 Å². The van der Waals surface area contributed by atoms with Crippen LogP contribution in [0.2, 0.25) is 0 Å². The van der Waals surface area contributed by atoms with Crippen LogP contribution in [0.5, 0.6) is 0 Å². The number of nitrogens with zero attached hydrogens (tertiary/aromatic N) is 3. The number of aromatic nitrogens is 2. The minimum Gasteiger partial charge on any atom is -0.310 e. The zero-order valence-corrected chi connectivity index (χ0v) is 37.7. The van der Waals surface area contributed by atoms with Crippen LogP contribution in [0.3, 0.4) is 0 Å². The molecular formula is C61H44F3N3. The van der Waals surface area contributed by atoms with Crippen LogP contribution in [-0.2, 0) is 6.18 Å². The van der Waals surface area contributed by atoms with Gasteiger partial charge < -0.3 is 9.13 Å². The minimum atomic E-state index is -4.57. The summed E-state index contributed by atoms with van der Waals surface area (Å²) in [5.74, 6) is 0. The Labute approximate surface area is 387 Å². The molecule has 0 saturated heterocycles. The number of aryl methyl sites for hydroxylation is 5. The Kier molecular flexibility index (Phi) is 9.79. The standard InChI is InChI=1S/C61H44F3N3/c1-36-25-37(2)28-43(27-36)41-21-23-55-50(34-41)48-13-7-9-17-53(48)66(55)57-19-11-15-47(45-31-40(5)32-46(33-45)61(62,63)64)59(57)60-52(65-6)16-12-20-58(60)67-54-18-10-8-14-49(54)51-35-42(22-24-56(51)67)44-29-38(3)26-39(4)30-44/h7-35H,1-5H3. The monoisotopic (exact) mass is 875 g/mol. The van der Waals surface area contributed by atoms with E-state index in [4.69, 9.17) is 6.57 Å². The largest absolute Gasteiger partial charge is 0.416 e. The first-order valence-electron chi connectivity index (χ1n) is 22.4. The van der Waals surface area contributed by atoms with Crippen molar-refractivity contribution in [3.63, 3.8) is 0 Å². The first-order chi connectivity index (χ1) is 32.3. The summed E-state index contributed by atoms with van der Waals surface area (Å²) >= 11 is 0. The first kappa shape index (κ1) is 41.6. The lowest BCUT2D eigenvalue weighted by molar-refractivity contribution is -0.137. The van der Waals surface area contributed by atoms with Gasteiger partial charge in [-0.25, -0.2) is 4.85 Å². The maximum Gasteiger partial charge on any atom is 0.416 e. The Morgan fingerprint density at radius 2 is 0.836 bits per heavy atom. The van der Waals surface area contributed by atoms with Gasteiger partial charge in [0.25, 0.3) is 0 Å². The second-order valence-electron chi connectivity index (χ2n) is 18.0. The fourth-order valence-electron chi connectivity index (χ4n) is 10.5. The number of para-hydroxylation sites is 2. The smallest absolute Gasteiger partial charge is 0.310 e. The van der Waals surface area contributed by atoms with E-state index in [1.54, 1.807) is 6.92 Å². The zero-order valence-electron chi connectivity index (χ0n) is 37.7. The third-order valence-electron chi connectivity index (χ3n) is 13.1. The van der Waals surface area contributed by atoms with Crippen LogP contribution in [-0.4, -0.2) is 9.13 Å². The van der Waals surface area contributed by atoms with Crippen LogP contribution in [0.4, 0.5) is 18.9 Å². The molecule has 0 aliphatic carbocycles. The highest BCUT2D eigenvalue weighted by molar-refractivity contribution is 6.14. The molecule has 0 unspecified atom stereocenters. The fourth-order valence-corrected chi connectivity index (χ4v) is 10.5. The lowest BCUT2D eigenvalue weighted by Crippen LogP contribution is -2.06. The fraction of sp³-hybridized carbons (Fsp3) is 0.0984. The lowest BCUT2D eigenvalue weighted by Gasteiger charge is -2.23. The molecule has 0 aliphatic rings. The summed E-state index contributed by atoms with van der Waals surface area (Å²) in [7, 11) is 0. The first-order valence-corrected chi connectivity index (χ1v) is 22.4. The molecule has 67 heavy (non-hydrogen) atoms. The van der Waals surface area contributed by atoms with Crippen LogP contribution in [0.1, 0.15) is 33.4 Å². The Morgan fingerprint density at radius 3 is 1.34 bits per heavy atom. The molecule has 0 saturated carbocycles. The van der Waals surface area contributed by atoms with Crippen molar-refractivity contribution in [2.75, 3.05) is 0 Å². The predicted molar refractivity (Wildman–Crippen MR) is 272 cm³/mol. The summed E-state index contributed by atoms with van der Waals surface area (Å²) in [6, 6.07) is 58.7. The quantitative estimate of drug-likeness (QED) is 0.148. The highest BCUT2D eigenvalue weighted by Crippen LogP contribution is 2.49. The third kappa shape index (κ3) is 7.06. The number of rotatable bonds is 6. The average Bonchev–Trinajstić information content (AvgIpc) is 3.82. The number of alkyl halides is 3. The molecule has 0 spiro atoms. The Balaban J connectivity index is 1.25. The third-order valence-corrected chi connectivity index (χ3v) is 13.1. The van der Waals surface area contributed by atoms with E-state index in [1.165, 1.54) is 34.4 Å². The molecule has 2 heterocycles. The number of hydrogen-bond donors (Lipinski definition) is 0. The minimum absolute atomic E-state index is 0.380. The Morgan fingerprint density at radius 1 is 0.388 bits per heavy atom. The maximum absolute atomic E-state index is 14.7. The molecule has 0 bridgehead atoms. The van der Waals surface area contributed by atoms with E-state index in [1.807, 2.05) is 66.7 Å². The molecule has 0 N–H and O–H groups in total. The van der Waals surface area contributed by atoms with Crippen molar-refractivity contribution in [1.82, 2.24) is 9.13 Å². The highest BCUT2D eigenvalue weighted by atomic mass is 19.4. The molecule has 0 atom stereocenters. The van der Waals surface area contributed by atoms with Crippen LogP contribution in [0, 0.1) is 41.2 Å². The van der Waals surface area contributed by atoms with Gasteiger partial charge in [0.05, 0.1) is 39.9 Å². The second kappa shape index (κ2) is 15.8. The molecule has 11 aromatic rings. The van der Waals surface area contributed by atoms with Gasteiger partial charge in [-0.1, -0.05) is 138 Å². The van der Waals surface area contributed by atoms with Crippen LogP contribution in [0.25, 0.3) is 104 Å². The van der Waals surface area contributed by atoms with E-state index in [0.717, 1.165) is 77.2 Å². The SMILES string of the molecule is [C-]#[N+]c1cccc(-n2c3ccccc3c3cc(-c4cc(C)cc(C)c4)ccc32)c1-c1c(-c2cc(C)cc(C(F)(F)F)c2)cccc1-n1c2ccccc2c2cc(-c3cc(C)cc(C)c3)ccc21. The molecule has 0 radical (unpaired) electrons. The van der Waals surface area contributed by atoms with Crippen molar-refractivity contribution < 1.29 is 13.2 Å². The van der Waals surface area contributed by atoms with E-state index < -0.39 is 11.7 Å². The second-order valence-corrected chi connectivity index (χ2v) is 18.0.